The van der Waals surface area contributed by atoms with Crippen LogP contribution in [-0.2, 0) is 4.74 Å². The number of methoxy groups -OCH3 is 1. The Labute approximate surface area is 102 Å². The van der Waals surface area contributed by atoms with Crippen LogP contribution in [0, 0.1) is 11.3 Å². The van der Waals surface area contributed by atoms with Gasteiger partial charge in [-0.05, 0) is 37.3 Å². The predicted molar refractivity (Wildman–Crippen MR) is 71.8 cm³/mol. The smallest absolute Gasteiger partial charge is 0.0490 e. The molecule has 2 nitrogen and oxygen atoms in total. The van der Waals surface area contributed by atoms with E-state index in [0.717, 1.165) is 25.6 Å². The van der Waals surface area contributed by atoms with E-state index < -0.39 is 0 Å². The van der Waals surface area contributed by atoms with E-state index in [2.05, 4.69) is 33.0 Å². The Bertz CT molecular complexity index is 151. The van der Waals surface area contributed by atoms with E-state index in [9.17, 15) is 0 Å². The van der Waals surface area contributed by atoms with Crippen molar-refractivity contribution in [1.82, 2.24) is 5.32 Å². The van der Waals surface area contributed by atoms with E-state index in [-0.39, 0.29) is 0 Å². The standard InChI is InChI=1S/C14H31NO/c1-6-13(11-16-5)9-7-8-10-15-12-14(2,3)4/h13,15H,6-12H2,1-5H3. The minimum atomic E-state index is 0.405. The quantitative estimate of drug-likeness (QED) is 0.611. The fourth-order valence-corrected chi connectivity index (χ4v) is 1.79. The Hall–Kier alpha value is -0.0800. The molecule has 16 heavy (non-hydrogen) atoms. The molecule has 0 radical (unpaired) electrons. The largest absolute Gasteiger partial charge is 0.384 e. The van der Waals surface area contributed by atoms with Gasteiger partial charge in [-0.15, -0.1) is 0 Å². The first-order chi connectivity index (χ1) is 7.49. The SMILES string of the molecule is CCC(CCCCNCC(C)(C)C)COC. The molecule has 0 rings (SSSR count). The number of nitrogens with one attached hydrogen (secondary N) is 1. The zero-order valence-corrected chi connectivity index (χ0v) is 11.9. The Morgan fingerprint density at radius 2 is 1.88 bits per heavy atom. The van der Waals surface area contributed by atoms with Gasteiger partial charge in [-0.3, -0.25) is 0 Å². The maximum Gasteiger partial charge on any atom is 0.0490 e. The minimum absolute atomic E-state index is 0.405. The lowest BCUT2D eigenvalue weighted by atomic mass is 9.97. The van der Waals surface area contributed by atoms with Crippen molar-refractivity contribution in [2.24, 2.45) is 11.3 Å². The van der Waals surface area contributed by atoms with Crippen LogP contribution in [0.1, 0.15) is 53.4 Å². The van der Waals surface area contributed by atoms with E-state index in [0.29, 0.717) is 5.41 Å². The molecule has 0 saturated carbocycles. The normalized spacial score (nSPS) is 14.1. The molecular formula is C14H31NO. The van der Waals surface area contributed by atoms with E-state index >= 15 is 0 Å². The molecule has 0 saturated heterocycles. The number of rotatable bonds is 9. The summed E-state index contributed by atoms with van der Waals surface area (Å²) < 4.78 is 5.20. The molecule has 0 fully saturated rings. The molecule has 2 heteroatoms. The van der Waals surface area contributed by atoms with Crippen LogP contribution in [0.5, 0.6) is 0 Å². The topological polar surface area (TPSA) is 21.3 Å². The van der Waals surface area contributed by atoms with Crippen molar-refractivity contribution in [2.45, 2.75) is 53.4 Å². The highest BCUT2D eigenvalue weighted by atomic mass is 16.5. The first-order valence-corrected chi connectivity index (χ1v) is 6.69. The molecule has 0 aromatic heterocycles. The molecule has 0 aliphatic carbocycles. The summed E-state index contributed by atoms with van der Waals surface area (Å²) in [6.07, 6.45) is 5.15. The number of hydrogen-bond donors (Lipinski definition) is 1. The first kappa shape index (κ1) is 15.9. The molecule has 0 aliphatic heterocycles. The summed E-state index contributed by atoms with van der Waals surface area (Å²) >= 11 is 0. The van der Waals surface area contributed by atoms with Crippen molar-refractivity contribution in [3.8, 4) is 0 Å². The highest BCUT2D eigenvalue weighted by Crippen LogP contribution is 2.13. The third-order valence-electron chi connectivity index (χ3n) is 2.85. The Kier molecular flexibility index (Phi) is 8.96. The Morgan fingerprint density at radius 3 is 2.38 bits per heavy atom. The van der Waals surface area contributed by atoms with Crippen LogP contribution in [0.4, 0.5) is 0 Å². The van der Waals surface area contributed by atoms with Crippen molar-refractivity contribution in [1.29, 1.82) is 0 Å². The van der Waals surface area contributed by atoms with Crippen LogP contribution in [0.15, 0.2) is 0 Å². The second-order valence-corrected chi connectivity index (χ2v) is 5.96. The average molecular weight is 229 g/mol. The van der Waals surface area contributed by atoms with Crippen LogP contribution in [0.2, 0.25) is 0 Å². The van der Waals surface area contributed by atoms with Crippen molar-refractivity contribution >= 4 is 0 Å². The van der Waals surface area contributed by atoms with Crippen molar-refractivity contribution in [3.05, 3.63) is 0 Å². The third kappa shape index (κ3) is 10.4. The molecule has 0 amide bonds. The Balaban J connectivity index is 3.32. The summed E-state index contributed by atoms with van der Waals surface area (Å²) in [4.78, 5) is 0. The van der Waals surface area contributed by atoms with Crippen molar-refractivity contribution in [3.63, 3.8) is 0 Å². The third-order valence-corrected chi connectivity index (χ3v) is 2.85. The monoisotopic (exact) mass is 229 g/mol. The van der Waals surface area contributed by atoms with Gasteiger partial charge in [0.05, 0.1) is 0 Å². The maximum absolute atomic E-state index is 5.20. The first-order valence-electron chi connectivity index (χ1n) is 6.69. The summed E-state index contributed by atoms with van der Waals surface area (Å²) in [5, 5.41) is 3.52. The summed E-state index contributed by atoms with van der Waals surface area (Å²) in [5.41, 5.74) is 0.405. The van der Waals surface area contributed by atoms with Gasteiger partial charge in [0.25, 0.3) is 0 Å². The fourth-order valence-electron chi connectivity index (χ4n) is 1.79. The zero-order valence-electron chi connectivity index (χ0n) is 11.9. The molecule has 0 aromatic rings. The highest BCUT2D eigenvalue weighted by Gasteiger charge is 2.08. The van der Waals surface area contributed by atoms with Gasteiger partial charge >= 0.3 is 0 Å². The van der Waals surface area contributed by atoms with Gasteiger partial charge in [0.2, 0.25) is 0 Å². The van der Waals surface area contributed by atoms with Crippen molar-refractivity contribution in [2.75, 3.05) is 26.8 Å². The number of unbranched alkanes of at least 4 members (excludes halogenated alkanes) is 1. The lowest BCUT2D eigenvalue weighted by molar-refractivity contribution is 0.144. The predicted octanol–water partition coefficient (Wildman–Crippen LogP) is 3.47. The highest BCUT2D eigenvalue weighted by molar-refractivity contribution is 4.65. The molecule has 1 unspecified atom stereocenters. The molecule has 0 heterocycles. The lowest BCUT2D eigenvalue weighted by Gasteiger charge is -2.19. The van der Waals surface area contributed by atoms with Crippen LogP contribution < -0.4 is 5.32 Å². The average Bonchev–Trinajstić information content (AvgIpc) is 2.20. The van der Waals surface area contributed by atoms with Crippen molar-refractivity contribution < 1.29 is 4.74 Å². The van der Waals surface area contributed by atoms with Crippen LogP contribution >= 0.6 is 0 Å². The molecule has 1 N–H and O–H groups in total. The minimum Gasteiger partial charge on any atom is -0.384 e. The Morgan fingerprint density at radius 1 is 1.19 bits per heavy atom. The molecule has 0 aromatic carbocycles. The van der Waals surface area contributed by atoms with Gasteiger partial charge in [-0.25, -0.2) is 0 Å². The van der Waals surface area contributed by atoms with E-state index in [1.165, 1.54) is 25.7 Å². The molecule has 1 atom stereocenters. The number of ether oxygens (including phenoxy) is 1. The van der Waals surface area contributed by atoms with Gasteiger partial charge in [0.15, 0.2) is 0 Å². The lowest BCUT2D eigenvalue weighted by Crippen LogP contribution is -2.27. The van der Waals surface area contributed by atoms with Crippen LogP contribution in [0.3, 0.4) is 0 Å². The molecule has 0 spiro atoms. The molecular weight excluding hydrogens is 198 g/mol. The van der Waals surface area contributed by atoms with E-state index in [4.69, 9.17) is 4.74 Å². The van der Waals surface area contributed by atoms with Crippen LogP contribution in [-0.4, -0.2) is 26.8 Å². The maximum atomic E-state index is 5.20. The summed E-state index contributed by atoms with van der Waals surface area (Å²) in [6, 6.07) is 0. The second-order valence-electron chi connectivity index (χ2n) is 5.96. The summed E-state index contributed by atoms with van der Waals surface area (Å²) in [5.74, 6) is 0.757. The molecule has 98 valence electrons. The van der Waals surface area contributed by atoms with Gasteiger partial charge < -0.3 is 10.1 Å². The second kappa shape index (κ2) is 9.00. The van der Waals surface area contributed by atoms with Gasteiger partial charge in [-0.1, -0.05) is 40.5 Å². The van der Waals surface area contributed by atoms with Gasteiger partial charge in [-0.2, -0.15) is 0 Å². The van der Waals surface area contributed by atoms with E-state index in [1.54, 1.807) is 7.11 Å². The zero-order chi connectivity index (χ0) is 12.4. The van der Waals surface area contributed by atoms with Gasteiger partial charge in [0.1, 0.15) is 0 Å². The summed E-state index contributed by atoms with van der Waals surface area (Å²) in [7, 11) is 1.80. The molecule has 0 bridgehead atoms. The molecule has 0 aliphatic rings. The van der Waals surface area contributed by atoms with Crippen LogP contribution in [0.25, 0.3) is 0 Å². The van der Waals surface area contributed by atoms with Gasteiger partial charge in [0, 0.05) is 13.7 Å². The fraction of sp³-hybridized carbons (Fsp3) is 1.00. The summed E-state index contributed by atoms with van der Waals surface area (Å²) in [6.45, 7) is 12.2. The number of hydrogen-bond acceptors (Lipinski definition) is 2. The van der Waals surface area contributed by atoms with E-state index in [1.807, 2.05) is 0 Å².